The van der Waals surface area contributed by atoms with Gasteiger partial charge in [0.2, 0.25) is 0 Å². The second-order valence-electron chi connectivity index (χ2n) is 4.01. The summed E-state index contributed by atoms with van der Waals surface area (Å²) in [5.41, 5.74) is 10.5. The van der Waals surface area contributed by atoms with Crippen LogP contribution in [0.2, 0.25) is 0 Å². The molecule has 1 aliphatic rings. The topological polar surface area (TPSA) is 61.2 Å². The van der Waals surface area contributed by atoms with E-state index in [1.54, 1.807) is 0 Å². The van der Waals surface area contributed by atoms with Crippen LogP contribution in [-0.4, -0.2) is 32.8 Å². The van der Waals surface area contributed by atoms with E-state index in [2.05, 4.69) is 27.1 Å². The Kier molecular flexibility index (Phi) is 4.64. The zero-order valence-electron chi connectivity index (χ0n) is 10.2. The summed E-state index contributed by atoms with van der Waals surface area (Å²) in [7, 11) is 0. The fourth-order valence-corrected chi connectivity index (χ4v) is 1.92. The molecule has 5 nitrogen and oxygen atoms in total. The Bertz CT molecular complexity index is 460. The lowest BCUT2D eigenvalue weighted by Gasteiger charge is -2.29. The van der Waals surface area contributed by atoms with Crippen LogP contribution in [0, 0.1) is 0 Å². The summed E-state index contributed by atoms with van der Waals surface area (Å²) in [6.45, 7) is 3.84. The first-order chi connectivity index (χ1) is 8.90. The highest BCUT2D eigenvalue weighted by atomic mass is 16.5. The van der Waals surface area contributed by atoms with Crippen LogP contribution in [0.25, 0.3) is 16.5 Å². The van der Waals surface area contributed by atoms with Gasteiger partial charge in [0.05, 0.1) is 13.2 Å². The SMILES string of the molecule is [N-]=[N+]=NCC=Cc1cccc(N2CCOCC2)c1. The standard InChI is InChI=1S/C13H16N4O/c14-16-15-6-2-4-12-3-1-5-13(11-12)17-7-9-18-10-8-17/h1-5,11H,6-10H2. The maximum Gasteiger partial charge on any atom is 0.0642 e. The van der Waals surface area contributed by atoms with Crippen LogP contribution in [0.15, 0.2) is 35.5 Å². The smallest absolute Gasteiger partial charge is 0.0642 e. The van der Waals surface area contributed by atoms with Crippen LogP contribution >= 0.6 is 0 Å². The van der Waals surface area contributed by atoms with Gasteiger partial charge in [0.1, 0.15) is 0 Å². The van der Waals surface area contributed by atoms with E-state index in [1.165, 1.54) is 5.69 Å². The van der Waals surface area contributed by atoms with E-state index in [9.17, 15) is 0 Å². The minimum Gasteiger partial charge on any atom is -0.378 e. The number of ether oxygens (including phenoxy) is 1. The summed E-state index contributed by atoms with van der Waals surface area (Å²) >= 11 is 0. The Morgan fingerprint density at radius 2 is 2.22 bits per heavy atom. The molecule has 1 aromatic carbocycles. The molecule has 0 bridgehead atoms. The van der Waals surface area contributed by atoms with Crippen molar-refractivity contribution in [2.75, 3.05) is 37.7 Å². The highest BCUT2D eigenvalue weighted by Gasteiger charge is 2.10. The fraction of sp³-hybridized carbons (Fsp3) is 0.385. The highest BCUT2D eigenvalue weighted by molar-refractivity contribution is 5.58. The molecule has 94 valence electrons. The average molecular weight is 244 g/mol. The molecule has 0 saturated carbocycles. The molecule has 2 rings (SSSR count). The first-order valence-corrected chi connectivity index (χ1v) is 6.00. The average Bonchev–Trinajstić information content (AvgIpc) is 2.45. The highest BCUT2D eigenvalue weighted by Crippen LogP contribution is 2.18. The van der Waals surface area contributed by atoms with Gasteiger partial charge < -0.3 is 9.64 Å². The van der Waals surface area contributed by atoms with Gasteiger partial charge in [-0.2, -0.15) is 0 Å². The lowest BCUT2D eigenvalue weighted by molar-refractivity contribution is 0.122. The molecule has 0 aliphatic carbocycles. The Morgan fingerprint density at radius 1 is 1.39 bits per heavy atom. The quantitative estimate of drug-likeness (QED) is 0.464. The van der Waals surface area contributed by atoms with E-state index in [-0.39, 0.29) is 0 Å². The van der Waals surface area contributed by atoms with Gasteiger partial charge in [-0.1, -0.05) is 29.4 Å². The number of azide groups is 1. The normalized spacial score (nSPS) is 15.7. The van der Waals surface area contributed by atoms with Gasteiger partial charge in [-0.25, -0.2) is 0 Å². The van der Waals surface area contributed by atoms with E-state index in [0.29, 0.717) is 6.54 Å². The Labute approximate surface area is 106 Å². The van der Waals surface area contributed by atoms with E-state index < -0.39 is 0 Å². The lowest BCUT2D eigenvalue weighted by Crippen LogP contribution is -2.36. The third-order valence-corrected chi connectivity index (χ3v) is 2.81. The van der Waals surface area contributed by atoms with Crippen LogP contribution in [-0.2, 0) is 4.74 Å². The van der Waals surface area contributed by atoms with Gasteiger partial charge in [0.25, 0.3) is 0 Å². The van der Waals surface area contributed by atoms with Gasteiger partial charge in [-0.3, -0.25) is 0 Å². The van der Waals surface area contributed by atoms with Gasteiger partial charge in [0, 0.05) is 30.2 Å². The Hall–Kier alpha value is -1.97. The van der Waals surface area contributed by atoms with Gasteiger partial charge in [0.15, 0.2) is 0 Å². The number of anilines is 1. The van der Waals surface area contributed by atoms with Crippen molar-refractivity contribution < 1.29 is 4.74 Å². The van der Waals surface area contributed by atoms with Crippen LogP contribution in [0.5, 0.6) is 0 Å². The van der Waals surface area contributed by atoms with Gasteiger partial charge in [-0.15, -0.1) is 0 Å². The molecule has 5 heteroatoms. The Morgan fingerprint density at radius 3 is 3.00 bits per heavy atom. The van der Waals surface area contributed by atoms with Crippen LogP contribution < -0.4 is 4.90 Å². The molecule has 18 heavy (non-hydrogen) atoms. The summed E-state index contributed by atoms with van der Waals surface area (Å²) in [5.74, 6) is 0. The van der Waals surface area contributed by atoms with Crippen molar-refractivity contribution in [2.45, 2.75) is 0 Å². The number of benzene rings is 1. The van der Waals surface area contributed by atoms with E-state index in [0.717, 1.165) is 31.9 Å². The molecule has 0 amide bonds. The van der Waals surface area contributed by atoms with Crippen molar-refractivity contribution in [3.8, 4) is 0 Å². The fourth-order valence-electron chi connectivity index (χ4n) is 1.92. The molecule has 1 heterocycles. The summed E-state index contributed by atoms with van der Waals surface area (Å²) < 4.78 is 5.34. The van der Waals surface area contributed by atoms with E-state index in [1.807, 2.05) is 24.3 Å². The van der Waals surface area contributed by atoms with E-state index in [4.69, 9.17) is 10.3 Å². The molecular weight excluding hydrogens is 228 g/mol. The number of hydrogen-bond donors (Lipinski definition) is 0. The van der Waals surface area contributed by atoms with Crippen molar-refractivity contribution in [3.63, 3.8) is 0 Å². The molecule has 0 radical (unpaired) electrons. The molecule has 1 aromatic rings. The maximum absolute atomic E-state index is 8.18. The second-order valence-corrected chi connectivity index (χ2v) is 4.01. The predicted molar refractivity (Wildman–Crippen MR) is 72.5 cm³/mol. The van der Waals surface area contributed by atoms with Gasteiger partial charge in [-0.05, 0) is 23.2 Å². The molecule has 1 fully saturated rings. The second kappa shape index (κ2) is 6.69. The molecule has 0 N–H and O–H groups in total. The molecule has 0 aromatic heterocycles. The number of hydrogen-bond acceptors (Lipinski definition) is 3. The molecule has 0 unspecified atom stereocenters. The third kappa shape index (κ3) is 3.52. The summed E-state index contributed by atoms with van der Waals surface area (Å²) in [5, 5.41) is 3.47. The number of rotatable bonds is 4. The van der Waals surface area contributed by atoms with Crippen LogP contribution in [0.4, 0.5) is 5.69 Å². The first-order valence-electron chi connectivity index (χ1n) is 6.00. The molecule has 0 atom stereocenters. The number of nitrogens with zero attached hydrogens (tertiary/aromatic N) is 4. The Balaban J connectivity index is 2.04. The predicted octanol–water partition coefficient (Wildman–Crippen LogP) is 2.85. The number of morpholine rings is 1. The molecule has 1 aliphatic heterocycles. The van der Waals surface area contributed by atoms with Crippen molar-refractivity contribution in [3.05, 3.63) is 46.3 Å². The maximum atomic E-state index is 8.18. The monoisotopic (exact) mass is 244 g/mol. The van der Waals surface area contributed by atoms with Crippen molar-refractivity contribution in [1.29, 1.82) is 0 Å². The largest absolute Gasteiger partial charge is 0.378 e. The third-order valence-electron chi connectivity index (χ3n) is 2.81. The summed E-state index contributed by atoms with van der Waals surface area (Å²) in [6.07, 6.45) is 3.83. The lowest BCUT2D eigenvalue weighted by atomic mass is 10.1. The van der Waals surface area contributed by atoms with Crippen molar-refractivity contribution >= 4 is 11.8 Å². The van der Waals surface area contributed by atoms with Crippen molar-refractivity contribution in [2.24, 2.45) is 5.11 Å². The van der Waals surface area contributed by atoms with Crippen LogP contribution in [0.1, 0.15) is 5.56 Å². The summed E-state index contributed by atoms with van der Waals surface area (Å²) in [4.78, 5) is 5.02. The van der Waals surface area contributed by atoms with Gasteiger partial charge >= 0.3 is 0 Å². The minimum absolute atomic E-state index is 0.387. The summed E-state index contributed by atoms with van der Waals surface area (Å²) in [6, 6.07) is 8.32. The minimum atomic E-state index is 0.387. The molecule has 0 spiro atoms. The molecule has 1 saturated heterocycles. The zero-order valence-corrected chi connectivity index (χ0v) is 10.2. The van der Waals surface area contributed by atoms with Crippen molar-refractivity contribution in [1.82, 2.24) is 0 Å². The van der Waals surface area contributed by atoms with E-state index >= 15 is 0 Å². The van der Waals surface area contributed by atoms with Crippen LogP contribution in [0.3, 0.4) is 0 Å². The first kappa shape index (κ1) is 12.5. The zero-order chi connectivity index (χ0) is 12.6. The molecular formula is C13H16N4O.